The fourth-order valence-corrected chi connectivity index (χ4v) is 1.97. The normalized spacial score (nSPS) is 10.4. The van der Waals surface area contributed by atoms with Crippen molar-refractivity contribution in [1.29, 1.82) is 0 Å². The zero-order chi connectivity index (χ0) is 15.9. The number of nitrogens with zero attached hydrogens (tertiary/aromatic N) is 3. The summed E-state index contributed by atoms with van der Waals surface area (Å²) in [5, 5.41) is 15.4. The predicted molar refractivity (Wildman–Crippen MR) is 79.9 cm³/mol. The largest absolute Gasteiger partial charge is 0.481 e. The summed E-state index contributed by atoms with van der Waals surface area (Å²) in [7, 11) is 0. The van der Waals surface area contributed by atoms with Gasteiger partial charge in [-0.1, -0.05) is 25.1 Å². The Labute approximate surface area is 128 Å². The first-order valence-corrected chi connectivity index (χ1v) is 7.13. The number of aryl methyl sites for hydroxylation is 1. The number of amides is 1. The number of para-hydroxylation sites is 1. The molecule has 0 aliphatic rings. The third kappa shape index (κ3) is 3.91. The standard InChI is InChI=1S/C15H18N4O3/c1-2-12-17-14(15(22)16-10-6-9-13(20)21)18-19(12)11-7-4-3-5-8-11/h3-5,7-8H,2,6,9-10H2,1H3,(H,16,22)(H,20,21). The molecule has 0 bridgehead atoms. The lowest BCUT2D eigenvalue weighted by atomic mass is 10.3. The van der Waals surface area contributed by atoms with E-state index >= 15 is 0 Å². The Morgan fingerprint density at radius 1 is 1.27 bits per heavy atom. The van der Waals surface area contributed by atoms with Gasteiger partial charge in [0.05, 0.1) is 5.69 Å². The molecule has 7 nitrogen and oxygen atoms in total. The van der Waals surface area contributed by atoms with Crippen LogP contribution in [0.3, 0.4) is 0 Å². The molecule has 7 heteroatoms. The van der Waals surface area contributed by atoms with Crippen LogP contribution < -0.4 is 5.32 Å². The average Bonchev–Trinajstić information content (AvgIpc) is 2.96. The third-order valence-corrected chi connectivity index (χ3v) is 3.05. The first-order chi connectivity index (χ1) is 10.6. The maximum atomic E-state index is 12.0. The third-order valence-electron chi connectivity index (χ3n) is 3.05. The number of rotatable bonds is 7. The molecule has 1 heterocycles. The molecular weight excluding hydrogens is 284 g/mol. The maximum Gasteiger partial charge on any atom is 0.303 e. The van der Waals surface area contributed by atoms with Gasteiger partial charge in [-0.05, 0) is 18.6 Å². The van der Waals surface area contributed by atoms with Gasteiger partial charge in [0.25, 0.3) is 5.91 Å². The highest BCUT2D eigenvalue weighted by molar-refractivity contribution is 5.90. The number of carbonyl (C=O) groups excluding carboxylic acids is 1. The summed E-state index contributed by atoms with van der Waals surface area (Å²) in [4.78, 5) is 26.7. The van der Waals surface area contributed by atoms with Crippen molar-refractivity contribution >= 4 is 11.9 Å². The fourth-order valence-electron chi connectivity index (χ4n) is 1.97. The minimum absolute atomic E-state index is 0.0202. The van der Waals surface area contributed by atoms with E-state index in [9.17, 15) is 9.59 Å². The number of carbonyl (C=O) groups is 2. The number of hydrogen-bond acceptors (Lipinski definition) is 4. The number of carboxylic acids is 1. The molecule has 2 rings (SSSR count). The highest BCUT2D eigenvalue weighted by Crippen LogP contribution is 2.10. The lowest BCUT2D eigenvalue weighted by Gasteiger charge is -2.02. The Morgan fingerprint density at radius 3 is 2.64 bits per heavy atom. The molecule has 22 heavy (non-hydrogen) atoms. The van der Waals surface area contributed by atoms with E-state index in [4.69, 9.17) is 5.11 Å². The van der Waals surface area contributed by atoms with Crippen LogP contribution in [0.15, 0.2) is 30.3 Å². The minimum atomic E-state index is -0.881. The van der Waals surface area contributed by atoms with Crippen LogP contribution in [0, 0.1) is 0 Å². The summed E-state index contributed by atoms with van der Waals surface area (Å²) in [6.45, 7) is 2.23. The number of nitrogens with one attached hydrogen (secondary N) is 1. The molecule has 0 saturated carbocycles. The van der Waals surface area contributed by atoms with Crippen LogP contribution in [0.1, 0.15) is 36.2 Å². The van der Waals surface area contributed by atoms with Crippen molar-refractivity contribution in [3.63, 3.8) is 0 Å². The van der Waals surface area contributed by atoms with Crippen molar-refractivity contribution in [3.05, 3.63) is 42.0 Å². The molecule has 2 N–H and O–H groups in total. The van der Waals surface area contributed by atoms with Gasteiger partial charge in [-0.15, -0.1) is 5.10 Å². The van der Waals surface area contributed by atoms with Gasteiger partial charge in [0.2, 0.25) is 5.82 Å². The second-order valence-electron chi connectivity index (χ2n) is 4.71. The molecule has 2 aromatic rings. The number of aromatic nitrogens is 3. The highest BCUT2D eigenvalue weighted by atomic mass is 16.4. The molecule has 0 unspecified atom stereocenters. The van der Waals surface area contributed by atoms with E-state index < -0.39 is 11.9 Å². The first kappa shape index (κ1) is 15.7. The second-order valence-corrected chi connectivity index (χ2v) is 4.71. The highest BCUT2D eigenvalue weighted by Gasteiger charge is 2.16. The fraction of sp³-hybridized carbons (Fsp3) is 0.333. The van der Waals surface area contributed by atoms with Crippen molar-refractivity contribution in [2.24, 2.45) is 0 Å². The molecule has 1 aromatic carbocycles. The Balaban J connectivity index is 2.07. The number of aliphatic carboxylic acids is 1. The van der Waals surface area contributed by atoms with Gasteiger partial charge in [-0.3, -0.25) is 9.59 Å². The molecule has 0 aliphatic carbocycles. The van der Waals surface area contributed by atoms with Gasteiger partial charge in [-0.2, -0.15) is 0 Å². The van der Waals surface area contributed by atoms with E-state index in [0.29, 0.717) is 18.7 Å². The van der Waals surface area contributed by atoms with E-state index in [0.717, 1.165) is 5.69 Å². The van der Waals surface area contributed by atoms with Crippen LogP contribution in [0.2, 0.25) is 0 Å². The van der Waals surface area contributed by atoms with Crippen LogP contribution >= 0.6 is 0 Å². The smallest absolute Gasteiger partial charge is 0.303 e. The Kier molecular flexibility index (Phi) is 5.24. The van der Waals surface area contributed by atoms with Crippen molar-refractivity contribution in [3.8, 4) is 5.69 Å². The van der Waals surface area contributed by atoms with E-state index in [-0.39, 0.29) is 18.8 Å². The van der Waals surface area contributed by atoms with Crippen LogP contribution in [-0.4, -0.2) is 38.3 Å². The van der Waals surface area contributed by atoms with E-state index in [1.54, 1.807) is 4.68 Å². The molecule has 0 saturated heterocycles. The van der Waals surface area contributed by atoms with Crippen LogP contribution in [0.5, 0.6) is 0 Å². The van der Waals surface area contributed by atoms with Crippen LogP contribution in [-0.2, 0) is 11.2 Å². The molecule has 0 atom stereocenters. The SMILES string of the molecule is CCc1nc(C(=O)NCCCC(=O)O)nn1-c1ccccc1. The second kappa shape index (κ2) is 7.35. The van der Waals surface area contributed by atoms with E-state index in [1.165, 1.54) is 0 Å². The number of benzene rings is 1. The Bertz CT molecular complexity index is 652. The lowest BCUT2D eigenvalue weighted by Crippen LogP contribution is -2.26. The summed E-state index contributed by atoms with van der Waals surface area (Å²) < 4.78 is 1.65. The zero-order valence-corrected chi connectivity index (χ0v) is 12.3. The molecule has 0 aliphatic heterocycles. The van der Waals surface area contributed by atoms with Crippen molar-refractivity contribution < 1.29 is 14.7 Å². The molecule has 1 aromatic heterocycles. The topological polar surface area (TPSA) is 97.1 Å². The van der Waals surface area contributed by atoms with E-state index in [2.05, 4.69) is 15.4 Å². The van der Waals surface area contributed by atoms with Crippen LogP contribution in [0.4, 0.5) is 0 Å². The minimum Gasteiger partial charge on any atom is -0.481 e. The molecular formula is C15H18N4O3. The Morgan fingerprint density at radius 2 is 2.00 bits per heavy atom. The summed E-state index contributed by atoms with van der Waals surface area (Å²) >= 11 is 0. The summed E-state index contributed by atoms with van der Waals surface area (Å²) in [6.07, 6.45) is 1.04. The number of hydrogen-bond donors (Lipinski definition) is 2. The number of carboxylic acid groups (broad SMARTS) is 1. The summed E-state index contributed by atoms with van der Waals surface area (Å²) in [5.41, 5.74) is 0.844. The predicted octanol–water partition coefficient (Wildman–Crippen LogP) is 1.42. The van der Waals surface area contributed by atoms with Crippen molar-refractivity contribution in [1.82, 2.24) is 20.1 Å². The van der Waals surface area contributed by atoms with Gasteiger partial charge in [0, 0.05) is 19.4 Å². The van der Waals surface area contributed by atoms with Gasteiger partial charge < -0.3 is 10.4 Å². The van der Waals surface area contributed by atoms with Gasteiger partial charge in [0.1, 0.15) is 5.82 Å². The van der Waals surface area contributed by atoms with Gasteiger partial charge in [-0.25, -0.2) is 9.67 Å². The summed E-state index contributed by atoms with van der Waals surface area (Å²) in [5.74, 6) is -0.485. The lowest BCUT2D eigenvalue weighted by molar-refractivity contribution is -0.137. The Hall–Kier alpha value is -2.70. The molecule has 0 fully saturated rings. The molecule has 1 amide bonds. The maximum absolute atomic E-state index is 12.0. The van der Waals surface area contributed by atoms with Gasteiger partial charge >= 0.3 is 5.97 Å². The molecule has 0 radical (unpaired) electrons. The summed E-state index contributed by atoms with van der Waals surface area (Å²) in [6, 6.07) is 9.47. The van der Waals surface area contributed by atoms with Crippen molar-refractivity contribution in [2.45, 2.75) is 26.2 Å². The zero-order valence-electron chi connectivity index (χ0n) is 12.3. The van der Waals surface area contributed by atoms with Gasteiger partial charge in [0.15, 0.2) is 0 Å². The molecule has 116 valence electrons. The van der Waals surface area contributed by atoms with Crippen molar-refractivity contribution in [2.75, 3.05) is 6.54 Å². The first-order valence-electron chi connectivity index (χ1n) is 7.13. The monoisotopic (exact) mass is 302 g/mol. The van der Waals surface area contributed by atoms with Crippen LogP contribution in [0.25, 0.3) is 5.69 Å². The van der Waals surface area contributed by atoms with E-state index in [1.807, 2.05) is 37.3 Å². The quantitative estimate of drug-likeness (QED) is 0.754. The molecule has 0 spiro atoms. The average molecular weight is 302 g/mol.